The molecule has 0 saturated carbocycles. The normalized spacial score (nSPS) is 11.3. The quantitative estimate of drug-likeness (QED) is 0.0663. The molecule has 0 radical (unpaired) electrons. The molecule has 5 aromatic carbocycles. The maximum absolute atomic E-state index is 14.5. The van der Waals surface area contributed by atoms with Crippen LogP contribution >= 0.6 is 0 Å². The zero-order valence-electron chi connectivity index (χ0n) is 29.2. The van der Waals surface area contributed by atoms with Crippen molar-refractivity contribution in [3.8, 4) is 74.0 Å². The molecule has 0 aliphatic rings. The largest absolute Gasteiger partial charge is 0.508 e. The Labute approximate surface area is 318 Å². The van der Waals surface area contributed by atoms with Gasteiger partial charge in [-0.1, -0.05) is 36.4 Å². The first-order chi connectivity index (χ1) is 26.8. The molecule has 14 heteroatoms. The molecule has 284 valence electrons. The average molecular weight is 758 g/mol. The molecule has 11 N–H and O–H groups in total. The molecule has 0 unspecified atom stereocenters. The average Bonchev–Trinajstić information content (AvgIpc) is 3.52. The monoisotopic (exact) mass is 757 g/mol. The van der Waals surface area contributed by atoms with Gasteiger partial charge in [0.25, 0.3) is 11.8 Å². The molecule has 0 fully saturated rings. The Bertz CT molecular complexity index is 2290. The van der Waals surface area contributed by atoms with E-state index in [0.717, 1.165) is 24.3 Å². The fourth-order valence-corrected chi connectivity index (χ4v) is 6.01. The number of nitrogens with one attached hydrogen (secondary N) is 2. The summed E-state index contributed by atoms with van der Waals surface area (Å²) in [7, 11) is 0. The minimum Gasteiger partial charge on any atom is -0.508 e. The summed E-state index contributed by atoms with van der Waals surface area (Å²) in [4.78, 5) is 29.0. The van der Waals surface area contributed by atoms with E-state index in [1.807, 2.05) is 0 Å². The molecule has 2 amide bonds. The highest BCUT2D eigenvalue weighted by molar-refractivity contribution is 6.12. The zero-order valence-corrected chi connectivity index (χ0v) is 29.2. The third kappa shape index (κ3) is 8.14. The van der Waals surface area contributed by atoms with Crippen LogP contribution < -0.4 is 10.6 Å². The van der Waals surface area contributed by atoms with Crippen molar-refractivity contribution in [2.24, 2.45) is 0 Å². The van der Waals surface area contributed by atoms with Gasteiger partial charge < -0.3 is 61.2 Å². The number of carbonyl (C=O) groups excluding carboxylic acids is 2. The van der Waals surface area contributed by atoms with Gasteiger partial charge in [0.15, 0.2) is 34.5 Å². The third-order valence-corrected chi connectivity index (χ3v) is 8.74. The molecular formula is C42H35N3O11. The van der Waals surface area contributed by atoms with Gasteiger partial charge >= 0.3 is 0 Å². The smallest absolute Gasteiger partial charge is 0.272 e. The summed E-state index contributed by atoms with van der Waals surface area (Å²) in [6.45, 7) is -0.0846. The van der Waals surface area contributed by atoms with Gasteiger partial charge in [0.05, 0.1) is 0 Å². The SMILES string of the molecule is O=C(NC=Cc1ccc(O)cc1)c1c(-c2cc(O)c(O)c(O)c2)c(-c2cc(O)c(O)c(O)c2)c(C(=O)NC=Cc2ccc(O)cc2)n1CCc1ccc(O)cc1. The second kappa shape index (κ2) is 15.9. The van der Waals surface area contributed by atoms with E-state index in [-0.39, 0.29) is 63.9 Å². The first-order valence-corrected chi connectivity index (χ1v) is 16.9. The lowest BCUT2D eigenvalue weighted by Crippen LogP contribution is -2.27. The number of carbonyl (C=O) groups is 2. The lowest BCUT2D eigenvalue weighted by Gasteiger charge is -2.14. The second-order valence-electron chi connectivity index (χ2n) is 12.5. The van der Waals surface area contributed by atoms with Crippen LogP contribution in [0, 0.1) is 0 Å². The van der Waals surface area contributed by atoms with Crippen LogP contribution in [0.5, 0.6) is 51.7 Å². The van der Waals surface area contributed by atoms with E-state index in [1.165, 1.54) is 65.5 Å². The number of benzene rings is 5. The summed E-state index contributed by atoms with van der Waals surface area (Å²) in [5.74, 6) is -6.36. The lowest BCUT2D eigenvalue weighted by molar-refractivity contribution is 0.0955. The van der Waals surface area contributed by atoms with Gasteiger partial charge in [0.2, 0.25) is 0 Å². The molecule has 6 aromatic rings. The number of nitrogens with zero attached hydrogens (tertiary/aromatic N) is 1. The van der Waals surface area contributed by atoms with E-state index in [2.05, 4.69) is 10.6 Å². The van der Waals surface area contributed by atoms with Crippen molar-refractivity contribution < 1.29 is 55.5 Å². The highest BCUT2D eigenvalue weighted by atomic mass is 16.3. The molecule has 6 rings (SSSR count). The highest BCUT2D eigenvalue weighted by Gasteiger charge is 2.33. The fraction of sp³-hybridized carbons (Fsp3) is 0.0476. The van der Waals surface area contributed by atoms with Crippen molar-refractivity contribution in [1.29, 1.82) is 0 Å². The number of hydrogen-bond donors (Lipinski definition) is 11. The molecule has 1 heterocycles. The molecule has 0 spiro atoms. The molecule has 0 saturated heterocycles. The van der Waals surface area contributed by atoms with Crippen LogP contribution in [0.25, 0.3) is 34.4 Å². The number of aromatic hydroxyl groups is 9. The summed E-state index contributed by atoms with van der Waals surface area (Å²) >= 11 is 0. The van der Waals surface area contributed by atoms with E-state index < -0.39 is 46.3 Å². The minimum absolute atomic E-state index is 0.0131. The Kier molecular flexibility index (Phi) is 10.7. The number of aryl methyl sites for hydroxylation is 1. The standard InChI is InChI=1S/C42H35N3O11/c46-28-7-1-23(2-8-28)13-16-43-41(55)37-35(26-19-31(49)39(53)32(50)20-26)36(27-21-33(51)40(54)34(52)22-27)38(45(37)18-15-25-5-11-30(48)12-6-25)42(56)44-17-14-24-3-9-29(47)10-4-24/h1-14,16-17,19-22,46-54H,15,18H2,(H,43,55)(H,44,56). The minimum atomic E-state index is -0.859. The lowest BCUT2D eigenvalue weighted by atomic mass is 9.93. The van der Waals surface area contributed by atoms with Crippen molar-refractivity contribution in [2.75, 3.05) is 0 Å². The summed E-state index contributed by atoms with van der Waals surface area (Å²) in [5, 5.41) is 97.8. The van der Waals surface area contributed by atoms with Crippen molar-refractivity contribution >= 4 is 24.0 Å². The van der Waals surface area contributed by atoms with E-state index in [0.29, 0.717) is 16.7 Å². The number of amides is 2. The van der Waals surface area contributed by atoms with Gasteiger partial charge in [-0.2, -0.15) is 0 Å². The van der Waals surface area contributed by atoms with Gasteiger partial charge in [-0.25, -0.2) is 0 Å². The van der Waals surface area contributed by atoms with Crippen LogP contribution in [-0.4, -0.2) is 62.3 Å². The van der Waals surface area contributed by atoms with Crippen LogP contribution in [0.1, 0.15) is 37.7 Å². The Morgan fingerprint density at radius 1 is 0.500 bits per heavy atom. The van der Waals surface area contributed by atoms with E-state index >= 15 is 0 Å². The highest BCUT2D eigenvalue weighted by Crippen LogP contribution is 2.48. The van der Waals surface area contributed by atoms with E-state index in [4.69, 9.17) is 0 Å². The van der Waals surface area contributed by atoms with Crippen LogP contribution in [0.15, 0.2) is 109 Å². The van der Waals surface area contributed by atoms with Gasteiger partial charge in [0, 0.05) is 30.1 Å². The van der Waals surface area contributed by atoms with E-state index in [9.17, 15) is 55.5 Å². The predicted molar refractivity (Wildman–Crippen MR) is 206 cm³/mol. The maximum atomic E-state index is 14.5. The number of phenolic OH excluding ortho intramolecular Hbond substituents is 9. The summed E-state index contributed by atoms with van der Waals surface area (Å²) < 4.78 is 1.37. The Hall–Kier alpha value is -8.00. The van der Waals surface area contributed by atoms with Gasteiger partial charge in [-0.3, -0.25) is 9.59 Å². The van der Waals surface area contributed by atoms with Crippen LogP contribution in [0.4, 0.5) is 0 Å². The summed E-state index contributed by atoms with van der Waals surface area (Å²) in [6.07, 6.45) is 5.90. The topological polar surface area (TPSA) is 245 Å². The second-order valence-corrected chi connectivity index (χ2v) is 12.5. The van der Waals surface area contributed by atoms with Crippen molar-refractivity contribution in [2.45, 2.75) is 13.0 Å². The molecular weight excluding hydrogens is 722 g/mol. The summed E-state index contributed by atoms with van der Waals surface area (Å²) in [6, 6.07) is 22.6. The fourth-order valence-electron chi connectivity index (χ4n) is 6.01. The van der Waals surface area contributed by atoms with Crippen molar-refractivity contribution in [3.63, 3.8) is 0 Å². The van der Waals surface area contributed by atoms with Crippen molar-refractivity contribution in [1.82, 2.24) is 15.2 Å². The molecule has 0 aliphatic carbocycles. The van der Waals surface area contributed by atoms with E-state index in [1.54, 1.807) is 36.4 Å². The molecule has 14 nitrogen and oxygen atoms in total. The number of hydrogen-bond acceptors (Lipinski definition) is 11. The molecule has 0 atom stereocenters. The zero-order chi connectivity index (χ0) is 40.1. The van der Waals surface area contributed by atoms with Crippen molar-refractivity contribution in [3.05, 3.63) is 138 Å². The number of aromatic nitrogens is 1. The number of phenols is 9. The van der Waals surface area contributed by atoms with Gasteiger partial charge in [-0.15, -0.1) is 0 Å². The molecule has 0 bridgehead atoms. The van der Waals surface area contributed by atoms with Crippen LogP contribution in [0.2, 0.25) is 0 Å². The Balaban J connectivity index is 1.62. The van der Waals surface area contributed by atoms with Gasteiger partial charge in [0.1, 0.15) is 28.6 Å². The third-order valence-electron chi connectivity index (χ3n) is 8.74. The van der Waals surface area contributed by atoms with Gasteiger partial charge in [-0.05, 0) is 107 Å². The molecule has 1 aromatic heterocycles. The first-order valence-electron chi connectivity index (χ1n) is 16.9. The van der Waals surface area contributed by atoms with Crippen LogP contribution in [-0.2, 0) is 13.0 Å². The summed E-state index contributed by atoms with van der Waals surface area (Å²) in [5.41, 5.74) is 1.12. The maximum Gasteiger partial charge on any atom is 0.272 e. The molecule has 56 heavy (non-hydrogen) atoms. The Morgan fingerprint density at radius 2 is 0.839 bits per heavy atom. The van der Waals surface area contributed by atoms with Crippen LogP contribution in [0.3, 0.4) is 0 Å². The molecule has 0 aliphatic heterocycles. The predicted octanol–water partition coefficient (Wildman–Crippen LogP) is 6.22. The first kappa shape index (κ1) is 37.7. The number of rotatable bonds is 11. The Morgan fingerprint density at radius 3 is 1.20 bits per heavy atom.